The summed E-state index contributed by atoms with van der Waals surface area (Å²) in [5.74, 6) is -0.716. The van der Waals surface area contributed by atoms with Crippen LogP contribution in [-0.2, 0) is 4.79 Å². The van der Waals surface area contributed by atoms with Gasteiger partial charge in [-0.1, -0.05) is 6.92 Å². The number of carboxylic acids is 1. The Morgan fingerprint density at radius 1 is 1.50 bits per heavy atom. The van der Waals surface area contributed by atoms with Crippen LogP contribution in [0.4, 0.5) is 0 Å². The standard InChI is InChI=1S/C9H19NO2/c1-5-10(4)7-6-9(2,3)8(11)12/h5-7H2,1-4H3,(H,11,12). The van der Waals surface area contributed by atoms with Gasteiger partial charge in [0.25, 0.3) is 0 Å². The second-order valence-electron chi connectivity index (χ2n) is 3.83. The molecule has 0 aromatic carbocycles. The third-order valence-corrected chi connectivity index (χ3v) is 2.24. The van der Waals surface area contributed by atoms with Crippen LogP contribution in [0.5, 0.6) is 0 Å². The molecule has 0 rings (SSSR count). The minimum atomic E-state index is -0.716. The Morgan fingerprint density at radius 2 is 2.00 bits per heavy atom. The van der Waals surface area contributed by atoms with Crippen molar-refractivity contribution in [3.8, 4) is 0 Å². The van der Waals surface area contributed by atoms with Gasteiger partial charge in [0.1, 0.15) is 0 Å². The summed E-state index contributed by atoms with van der Waals surface area (Å²) in [4.78, 5) is 12.8. The van der Waals surface area contributed by atoms with E-state index in [1.807, 2.05) is 7.05 Å². The van der Waals surface area contributed by atoms with Crippen molar-refractivity contribution in [2.45, 2.75) is 27.2 Å². The molecule has 12 heavy (non-hydrogen) atoms. The highest BCUT2D eigenvalue weighted by atomic mass is 16.4. The lowest BCUT2D eigenvalue weighted by atomic mass is 9.89. The number of rotatable bonds is 5. The summed E-state index contributed by atoms with van der Waals surface area (Å²) in [6, 6.07) is 0. The maximum atomic E-state index is 10.7. The number of carbonyl (C=O) groups is 1. The first-order valence-corrected chi connectivity index (χ1v) is 4.32. The summed E-state index contributed by atoms with van der Waals surface area (Å²) in [7, 11) is 2.00. The van der Waals surface area contributed by atoms with Gasteiger partial charge in [0, 0.05) is 0 Å². The molecule has 0 aliphatic rings. The van der Waals surface area contributed by atoms with Crippen molar-refractivity contribution in [2.24, 2.45) is 5.41 Å². The maximum absolute atomic E-state index is 10.7. The van der Waals surface area contributed by atoms with Crippen molar-refractivity contribution in [1.29, 1.82) is 0 Å². The van der Waals surface area contributed by atoms with Crippen LogP contribution in [0.1, 0.15) is 27.2 Å². The monoisotopic (exact) mass is 173 g/mol. The summed E-state index contributed by atoms with van der Waals surface area (Å²) >= 11 is 0. The van der Waals surface area contributed by atoms with E-state index in [2.05, 4.69) is 11.8 Å². The molecular weight excluding hydrogens is 154 g/mol. The smallest absolute Gasteiger partial charge is 0.309 e. The van der Waals surface area contributed by atoms with E-state index in [1.165, 1.54) is 0 Å². The van der Waals surface area contributed by atoms with E-state index < -0.39 is 11.4 Å². The van der Waals surface area contributed by atoms with E-state index in [1.54, 1.807) is 13.8 Å². The van der Waals surface area contributed by atoms with Crippen molar-refractivity contribution >= 4 is 5.97 Å². The molecule has 0 aromatic heterocycles. The number of hydrogen-bond donors (Lipinski definition) is 1. The fourth-order valence-electron chi connectivity index (χ4n) is 0.735. The third-order valence-electron chi connectivity index (χ3n) is 2.24. The molecule has 0 fully saturated rings. The van der Waals surface area contributed by atoms with Gasteiger partial charge in [-0.2, -0.15) is 0 Å². The first-order chi connectivity index (χ1) is 5.40. The van der Waals surface area contributed by atoms with E-state index in [9.17, 15) is 4.79 Å². The zero-order chi connectivity index (χ0) is 9.78. The molecule has 0 aliphatic heterocycles. The highest BCUT2D eigenvalue weighted by Gasteiger charge is 2.26. The summed E-state index contributed by atoms with van der Waals surface area (Å²) in [5.41, 5.74) is -0.594. The highest BCUT2D eigenvalue weighted by molar-refractivity contribution is 5.73. The van der Waals surface area contributed by atoms with Crippen LogP contribution in [0.25, 0.3) is 0 Å². The van der Waals surface area contributed by atoms with Crippen molar-refractivity contribution in [3.63, 3.8) is 0 Å². The minimum Gasteiger partial charge on any atom is -0.481 e. The van der Waals surface area contributed by atoms with E-state index in [4.69, 9.17) is 5.11 Å². The van der Waals surface area contributed by atoms with Crippen LogP contribution in [0.2, 0.25) is 0 Å². The lowest BCUT2D eigenvalue weighted by molar-refractivity contribution is -0.147. The van der Waals surface area contributed by atoms with Gasteiger partial charge >= 0.3 is 5.97 Å². The Kier molecular flexibility index (Phi) is 4.24. The fourth-order valence-corrected chi connectivity index (χ4v) is 0.735. The number of aliphatic carboxylic acids is 1. The molecule has 3 nitrogen and oxygen atoms in total. The summed E-state index contributed by atoms with van der Waals surface area (Å²) < 4.78 is 0. The van der Waals surface area contributed by atoms with Crippen LogP contribution < -0.4 is 0 Å². The van der Waals surface area contributed by atoms with Crippen LogP contribution in [-0.4, -0.2) is 36.1 Å². The van der Waals surface area contributed by atoms with Gasteiger partial charge in [0.15, 0.2) is 0 Å². The molecule has 0 saturated heterocycles. The average Bonchev–Trinajstić information content (AvgIpc) is 2.00. The lowest BCUT2D eigenvalue weighted by Crippen LogP contribution is -2.30. The molecule has 0 aromatic rings. The lowest BCUT2D eigenvalue weighted by Gasteiger charge is -2.22. The molecule has 0 unspecified atom stereocenters. The summed E-state index contributed by atoms with van der Waals surface area (Å²) in [6.45, 7) is 7.40. The van der Waals surface area contributed by atoms with Gasteiger partial charge in [-0.25, -0.2) is 0 Å². The van der Waals surface area contributed by atoms with Crippen LogP contribution in [0.3, 0.4) is 0 Å². The van der Waals surface area contributed by atoms with Crippen molar-refractivity contribution in [3.05, 3.63) is 0 Å². The van der Waals surface area contributed by atoms with Crippen molar-refractivity contribution in [2.75, 3.05) is 20.1 Å². The van der Waals surface area contributed by atoms with E-state index in [0.29, 0.717) is 6.42 Å². The molecule has 3 heteroatoms. The largest absolute Gasteiger partial charge is 0.481 e. The number of hydrogen-bond acceptors (Lipinski definition) is 2. The average molecular weight is 173 g/mol. The van der Waals surface area contributed by atoms with Crippen LogP contribution in [0, 0.1) is 5.41 Å². The van der Waals surface area contributed by atoms with Crippen molar-refractivity contribution in [1.82, 2.24) is 4.90 Å². The molecular formula is C9H19NO2. The Hall–Kier alpha value is -0.570. The van der Waals surface area contributed by atoms with E-state index in [0.717, 1.165) is 13.1 Å². The highest BCUT2D eigenvalue weighted by Crippen LogP contribution is 2.20. The van der Waals surface area contributed by atoms with E-state index in [-0.39, 0.29) is 0 Å². The predicted octanol–water partition coefficient (Wildman–Crippen LogP) is 1.44. The molecule has 0 heterocycles. The Balaban J connectivity index is 3.83. The predicted molar refractivity (Wildman–Crippen MR) is 49.2 cm³/mol. The molecule has 0 bridgehead atoms. The van der Waals surface area contributed by atoms with Gasteiger partial charge in [0.05, 0.1) is 5.41 Å². The van der Waals surface area contributed by atoms with E-state index >= 15 is 0 Å². The molecule has 0 aliphatic carbocycles. The Morgan fingerprint density at radius 3 is 2.33 bits per heavy atom. The minimum absolute atomic E-state index is 0.594. The Labute approximate surface area is 74.4 Å². The normalized spacial score (nSPS) is 12.1. The topological polar surface area (TPSA) is 40.5 Å². The van der Waals surface area contributed by atoms with Gasteiger partial charge in [-0.15, -0.1) is 0 Å². The third kappa shape index (κ3) is 3.72. The molecule has 1 N–H and O–H groups in total. The summed E-state index contributed by atoms with van der Waals surface area (Å²) in [5, 5.41) is 8.81. The van der Waals surface area contributed by atoms with Gasteiger partial charge in [0.2, 0.25) is 0 Å². The van der Waals surface area contributed by atoms with Crippen LogP contribution in [0.15, 0.2) is 0 Å². The number of nitrogens with zero attached hydrogens (tertiary/aromatic N) is 1. The molecule has 72 valence electrons. The van der Waals surface area contributed by atoms with Gasteiger partial charge in [-0.05, 0) is 40.4 Å². The molecule has 0 spiro atoms. The van der Waals surface area contributed by atoms with Crippen molar-refractivity contribution < 1.29 is 9.90 Å². The molecule has 0 amide bonds. The zero-order valence-corrected chi connectivity index (χ0v) is 8.42. The van der Waals surface area contributed by atoms with Gasteiger partial charge in [-0.3, -0.25) is 4.79 Å². The second-order valence-corrected chi connectivity index (χ2v) is 3.83. The Bertz CT molecular complexity index is 155. The molecule has 0 radical (unpaired) electrons. The fraction of sp³-hybridized carbons (Fsp3) is 0.889. The van der Waals surface area contributed by atoms with Gasteiger partial charge < -0.3 is 10.0 Å². The van der Waals surface area contributed by atoms with Crippen LogP contribution >= 0.6 is 0 Å². The molecule has 0 saturated carbocycles. The molecule has 0 atom stereocenters. The summed E-state index contributed by atoms with van der Waals surface area (Å²) in [6.07, 6.45) is 0.701. The first-order valence-electron chi connectivity index (χ1n) is 4.32. The number of carboxylic acid groups (broad SMARTS) is 1. The second kappa shape index (κ2) is 4.45. The zero-order valence-electron chi connectivity index (χ0n) is 8.42. The SMILES string of the molecule is CCN(C)CCC(C)(C)C(=O)O. The first kappa shape index (κ1) is 11.4. The quantitative estimate of drug-likeness (QED) is 0.684. The maximum Gasteiger partial charge on any atom is 0.309 e.